The summed E-state index contributed by atoms with van der Waals surface area (Å²) < 4.78 is 12.7. The molecule has 6 nitrogen and oxygen atoms in total. The second kappa shape index (κ2) is 16.7. The summed E-state index contributed by atoms with van der Waals surface area (Å²) in [7, 11) is 0. The van der Waals surface area contributed by atoms with E-state index in [1.165, 1.54) is 0 Å². The maximum atomic E-state index is 13.0. The third-order valence-corrected chi connectivity index (χ3v) is 7.17. The molecule has 0 aromatic heterocycles. The van der Waals surface area contributed by atoms with Crippen molar-refractivity contribution in [1.82, 2.24) is 14.7 Å². The standard InChI is InChI=1S/C29H44BrN3O3/c1-6-31(7-2)18-19-32(8-3)21-26(33(9-4)10-5)23-35-28-17-16-25(30)20-27(28)29(34)36-22-24-14-12-11-13-15-24/h11-17,20,26H,6-10,18-19,21-23H2,1-5H3/t26-/m1/s1. The van der Waals surface area contributed by atoms with Crippen LogP contribution in [0.2, 0.25) is 0 Å². The second-order valence-corrected chi connectivity index (χ2v) is 9.72. The minimum atomic E-state index is -0.385. The Bertz CT molecular complexity index is 889. The molecule has 0 amide bonds. The van der Waals surface area contributed by atoms with Gasteiger partial charge in [-0.3, -0.25) is 4.90 Å². The summed E-state index contributed by atoms with van der Waals surface area (Å²) in [6, 6.07) is 15.4. The van der Waals surface area contributed by atoms with E-state index in [4.69, 9.17) is 9.47 Å². The number of hydrogen-bond donors (Lipinski definition) is 0. The molecule has 0 saturated carbocycles. The number of halogens is 1. The van der Waals surface area contributed by atoms with Gasteiger partial charge in [-0.2, -0.15) is 0 Å². The van der Waals surface area contributed by atoms with Crippen molar-refractivity contribution in [2.24, 2.45) is 0 Å². The van der Waals surface area contributed by atoms with Crippen LogP contribution in [-0.2, 0) is 11.3 Å². The van der Waals surface area contributed by atoms with Crippen molar-refractivity contribution >= 4 is 21.9 Å². The highest BCUT2D eigenvalue weighted by Crippen LogP contribution is 2.25. The summed E-state index contributed by atoms with van der Waals surface area (Å²) in [5.74, 6) is 0.170. The van der Waals surface area contributed by atoms with E-state index in [0.29, 0.717) is 17.9 Å². The third kappa shape index (κ3) is 9.85. The Morgan fingerprint density at radius 1 is 0.861 bits per heavy atom. The van der Waals surface area contributed by atoms with E-state index < -0.39 is 0 Å². The van der Waals surface area contributed by atoms with Gasteiger partial charge in [-0.25, -0.2) is 4.79 Å². The van der Waals surface area contributed by atoms with Crippen molar-refractivity contribution in [3.63, 3.8) is 0 Å². The molecular formula is C29H44BrN3O3. The molecule has 0 bridgehead atoms. The van der Waals surface area contributed by atoms with Gasteiger partial charge in [0, 0.05) is 24.1 Å². The zero-order valence-corrected chi connectivity index (χ0v) is 24.3. The lowest BCUT2D eigenvalue weighted by Gasteiger charge is -2.34. The topological polar surface area (TPSA) is 45.3 Å². The first-order valence-corrected chi connectivity index (χ1v) is 14.1. The first kappa shape index (κ1) is 30.3. The predicted molar refractivity (Wildman–Crippen MR) is 152 cm³/mol. The van der Waals surface area contributed by atoms with Crippen LogP contribution in [0.3, 0.4) is 0 Å². The largest absolute Gasteiger partial charge is 0.491 e. The first-order valence-electron chi connectivity index (χ1n) is 13.3. The smallest absolute Gasteiger partial charge is 0.342 e. The second-order valence-electron chi connectivity index (χ2n) is 8.81. The van der Waals surface area contributed by atoms with Crippen LogP contribution in [-0.4, -0.2) is 85.7 Å². The molecule has 200 valence electrons. The number of esters is 1. The number of hydrogen-bond acceptors (Lipinski definition) is 6. The van der Waals surface area contributed by atoms with Crippen molar-refractivity contribution in [3.05, 3.63) is 64.1 Å². The molecule has 0 saturated heterocycles. The normalized spacial score (nSPS) is 12.4. The van der Waals surface area contributed by atoms with Crippen LogP contribution < -0.4 is 4.74 Å². The lowest BCUT2D eigenvalue weighted by Crippen LogP contribution is -2.48. The number of carbonyl (C=O) groups excluding carboxylic acids is 1. The first-order chi connectivity index (χ1) is 17.4. The van der Waals surface area contributed by atoms with Gasteiger partial charge in [-0.1, -0.05) is 80.9 Å². The molecule has 0 aliphatic carbocycles. The molecule has 0 heterocycles. The molecule has 1 atom stereocenters. The number of nitrogens with zero attached hydrogens (tertiary/aromatic N) is 3. The Kier molecular flexibility index (Phi) is 14.1. The zero-order chi connectivity index (χ0) is 26.3. The van der Waals surface area contributed by atoms with Crippen molar-refractivity contribution in [1.29, 1.82) is 0 Å². The van der Waals surface area contributed by atoms with Crippen LogP contribution in [0.1, 0.15) is 50.5 Å². The van der Waals surface area contributed by atoms with E-state index >= 15 is 0 Å². The van der Waals surface area contributed by atoms with E-state index in [0.717, 1.165) is 62.4 Å². The molecule has 0 aliphatic heterocycles. The van der Waals surface area contributed by atoms with E-state index in [1.807, 2.05) is 42.5 Å². The van der Waals surface area contributed by atoms with Crippen LogP contribution in [0, 0.1) is 0 Å². The summed E-state index contributed by atoms with van der Waals surface area (Å²) in [6.07, 6.45) is 0. The Morgan fingerprint density at radius 2 is 1.50 bits per heavy atom. The van der Waals surface area contributed by atoms with Gasteiger partial charge in [-0.05, 0) is 56.5 Å². The highest BCUT2D eigenvalue weighted by molar-refractivity contribution is 9.10. The lowest BCUT2D eigenvalue weighted by atomic mass is 10.2. The molecule has 0 spiro atoms. The summed E-state index contributed by atoms with van der Waals surface area (Å²) in [4.78, 5) is 20.4. The van der Waals surface area contributed by atoms with Crippen LogP contribution in [0.15, 0.2) is 53.0 Å². The van der Waals surface area contributed by atoms with Crippen LogP contribution in [0.5, 0.6) is 5.75 Å². The minimum absolute atomic E-state index is 0.216. The minimum Gasteiger partial charge on any atom is -0.491 e. The third-order valence-electron chi connectivity index (χ3n) is 6.68. The Hall–Kier alpha value is -1.93. The van der Waals surface area contributed by atoms with Gasteiger partial charge in [0.1, 0.15) is 24.5 Å². The summed E-state index contributed by atoms with van der Waals surface area (Å²) in [6.45, 7) is 19.8. The number of ether oxygens (including phenoxy) is 2. The monoisotopic (exact) mass is 561 g/mol. The summed E-state index contributed by atoms with van der Waals surface area (Å²) >= 11 is 3.49. The Labute approximate surface area is 226 Å². The lowest BCUT2D eigenvalue weighted by molar-refractivity contribution is 0.0464. The maximum Gasteiger partial charge on any atom is 0.342 e. The Balaban J connectivity index is 2.10. The van der Waals surface area contributed by atoms with E-state index in [9.17, 15) is 4.79 Å². The fourth-order valence-corrected chi connectivity index (χ4v) is 4.65. The quantitative estimate of drug-likeness (QED) is 0.236. The van der Waals surface area contributed by atoms with E-state index in [1.54, 1.807) is 6.07 Å². The molecule has 36 heavy (non-hydrogen) atoms. The van der Waals surface area contributed by atoms with Gasteiger partial charge in [0.25, 0.3) is 0 Å². The molecule has 7 heteroatoms. The van der Waals surface area contributed by atoms with Gasteiger partial charge < -0.3 is 19.3 Å². The Morgan fingerprint density at radius 3 is 2.11 bits per heavy atom. The van der Waals surface area contributed by atoms with Gasteiger partial charge in [0.2, 0.25) is 0 Å². The average molecular weight is 563 g/mol. The molecule has 0 aliphatic rings. The van der Waals surface area contributed by atoms with Crippen LogP contribution in [0.25, 0.3) is 0 Å². The number of rotatable bonds is 17. The summed E-state index contributed by atoms with van der Waals surface area (Å²) in [5.41, 5.74) is 1.39. The molecule has 0 radical (unpaired) electrons. The zero-order valence-electron chi connectivity index (χ0n) is 22.7. The predicted octanol–water partition coefficient (Wildman–Crippen LogP) is 5.56. The van der Waals surface area contributed by atoms with E-state index in [-0.39, 0.29) is 18.6 Å². The molecule has 0 N–H and O–H groups in total. The fraction of sp³-hybridized carbons (Fsp3) is 0.552. The molecular weight excluding hydrogens is 518 g/mol. The van der Waals surface area contributed by atoms with Gasteiger partial charge in [0.05, 0.1) is 6.04 Å². The highest BCUT2D eigenvalue weighted by atomic mass is 79.9. The molecule has 2 aromatic carbocycles. The van der Waals surface area contributed by atoms with Gasteiger partial charge in [-0.15, -0.1) is 0 Å². The number of benzene rings is 2. The maximum absolute atomic E-state index is 13.0. The molecule has 0 fully saturated rings. The number of carbonyl (C=O) groups is 1. The average Bonchev–Trinajstić information content (AvgIpc) is 2.91. The van der Waals surface area contributed by atoms with Crippen molar-refractivity contribution in [3.8, 4) is 5.75 Å². The van der Waals surface area contributed by atoms with Gasteiger partial charge >= 0.3 is 5.97 Å². The van der Waals surface area contributed by atoms with Gasteiger partial charge in [0.15, 0.2) is 0 Å². The van der Waals surface area contributed by atoms with Crippen molar-refractivity contribution in [2.75, 3.05) is 59.0 Å². The summed E-state index contributed by atoms with van der Waals surface area (Å²) in [5, 5.41) is 0. The fourth-order valence-electron chi connectivity index (χ4n) is 4.29. The SMILES string of the molecule is CCN(CC)CCN(CC)C[C@H](COc1ccc(Br)cc1C(=O)OCc1ccccc1)N(CC)CC. The molecule has 0 unspecified atom stereocenters. The molecule has 2 aromatic rings. The van der Waals surface area contributed by atoms with Crippen LogP contribution in [0.4, 0.5) is 0 Å². The van der Waals surface area contributed by atoms with Crippen LogP contribution >= 0.6 is 15.9 Å². The van der Waals surface area contributed by atoms with E-state index in [2.05, 4.69) is 65.2 Å². The molecule has 2 rings (SSSR count). The number of likely N-dealkylation sites (N-methyl/N-ethyl adjacent to an activating group) is 3. The van der Waals surface area contributed by atoms with Crippen molar-refractivity contribution in [2.45, 2.75) is 47.3 Å². The van der Waals surface area contributed by atoms with Crippen molar-refractivity contribution < 1.29 is 14.3 Å². The highest BCUT2D eigenvalue weighted by Gasteiger charge is 2.22.